The highest BCUT2D eigenvalue weighted by Gasteiger charge is 2.14. The number of hydrogen-bond acceptors (Lipinski definition) is 4. The number of rotatable bonds is 4. The molecule has 2 aromatic rings. The van der Waals surface area contributed by atoms with Crippen LogP contribution in [0, 0.1) is 13.8 Å². The molecule has 0 unspecified atom stereocenters. The number of anilines is 2. The Hall–Kier alpha value is -1.68. The van der Waals surface area contributed by atoms with Crippen molar-refractivity contribution in [3.63, 3.8) is 0 Å². The highest BCUT2D eigenvalue weighted by Crippen LogP contribution is 2.30. The normalized spacial score (nSPS) is 10.4. The number of carbonyl (C=O) groups excluding carboxylic acids is 1. The summed E-state index contributed by atoms with van der Waals surface area (Å²) in [6.45, 7) is 6.85. The third-order valence-electron chi connectivity index (χ3n) is 2.79. The molecular weight excluding hydrogens is 244 g/mol. The number of hydrogen-bond donors (Lipinski definition) is 0. The van der Waals surface area contributed by atoms with Gasteiger partial charge >= 0.3 is 0 Å². The number of aromatic nitrogens is 1. The molecule has 1 heterocycles. The number of carbonyl (C=O) groups is 1. The molecular formula is C14H16N2OS. The van der Waals surface area contributed by atoms with Gasteiger partial charge in [0.1, 0.15) is 0 Å². The molecule has 0 radical (unpaired) electrons. The zero-order valence-electron chi connectivity index (χ0n) is 10.8. The number of aryl methyl sites for hydroxylation is 2. The van der Waals surface area contributed by atoms with Gasteiger partial charge in [-0.1, -0.05) is 23.5 Å². The first kappa shape index (κ1) is 12.8. The summed E-state index contributed by atoms with van der Waals surface area (Å²) < 4.78 is 0. The van der Waals surface area contributed by atoms with Crippen LogP contribution >= 0.6 is 11.3 Å². The zero-order chi connectivity index (χ0) is 13.1. The average molecular weight is 260 g/mol. The van der Waals surface area contributed by atoms with Gasteiger partial charge in [-0.3, -0.25) is 4.79 Å². The number of aldehydes is 1. The second-order valence-electron chi connectivity index (χ2n) is 4.15. The highest BCUT2D eigenvalue weighted by atomic mass is 32.1. The van der Waals surface area contributed by atoms with E-state index in [1.54, 1.807) is 0 Å². The van der Waals surface area contributed by atoms with E-state index in [-0.39, 0.29) is 0 Å². The monoisotopic (exact) mass is 260 g/mol. The third kappa shape index (κ3) is 2.43. The van der Waals surface area contributed by atoms with Gasteiger partial charge in [0.2, 0.25) is 0 Å². The van der Waals surface area contributed by atoms with E-state index in [1.807, 2.05) is 13.0 Å². The Bertz CT molecular complexity index is 563. The number of thiazole rings is 1. The van der Waals surface area contributed by atoms with Gasteiger partial charge in [-0.2, -0.15) is 0 Å². The van der Waals surface area contributed by atoms with Gasteiger partial charge in [0.15, 0.2) is 11.4 Å². The van der Waals surface area contributed by atoms with Gasteiger partial charge in [-0.15, -0.1) is 0 Å². The van der Waals surface area contributed by atoms with Crippen LogP contribution in [0.1, 0.15) is 27.9 Å². The predicted octanol–water partition coefficient (Wildman–Crippen LogP) is 3.73. The first-order valence-electron chi connectivity index (χ1n) is 5.92. The fourth-order valence-electron chi connectivity index (χ4n) is 1.84. The molecule has 0 N–H and O–H groups in total. The quantitative estimate of drug-likeness (QED) is 0.785. The van der Waals surface area contributed by atoms with Crippen LogP contribution in [0.3, 0.4) is 0 Å². The molecule has 0 saturated heterocycles. The van der Waals surface area contributed by atoms with Crippen LogP contribution in [-0.2, 0) is 0 Å². The Morgan fingerprint density at radius 1 is 1.39 bits per heavy atom. The van der Waals surface area contributed by atoms with Crippen LogP contribution in [0.2, 0.25) is 0 Å². The Kier molecular flexibility index (Phi) is 3.77. The van der Waals surface area contributed by atoms with E-state index in [0.717, 1.165) is 29.3 Å². The molecule has 4 heteroatoms. The molecule has 0 fully saturated rings. The summed E-state index contributed by atoms with van der Waals surface area (Å²) in [5.74, 6) is 0. The lowest BCUT2D eigenvalue weighted by Gasteiger charge is -2.20. The van der Waals surface area contributed by atoms with Crippen molar-refractivity contribution in [2.24, 2.45) is 0 Å². The summed E-state index contributed by atoms with van der Waals surface area (Å²) in [4.78, 5) is 18.2. The SMILES string of the molecule is CCN(c1cccc(C)c1)c1nc(C)c(C=O)s1. The molecule has 0 amide bonds. The fourth-order valence-corrected chi connectivity index (χ4v) is 2.81. The van der Waals surface area contributed by atoms with E-state index >= 15 is 0 Å². The highest BCUT2D eigenvalue weighted by molar-refractivity contribution is 7.17. The molecule has 0 atom stereocenters. The van der Waals surface area contributed by atoms with Gasteiger partial charge in [0.25, 0.3) is 0 Å². The molecule has 0 aliphatic rings. The van der Waals surface area contributed by atoms with Crippen molar-refractivity contribution in [2.75, 3.05) is 11.4 Å². The van der Waals surface area contributed by atoms with Gasteiger partial charge in [-0.25, -0.2) is 4.98 Å². The molecule has 2 rings (SSSR count). The Labute approximate surface area is 111 Å². The maximum absolute atomic E-state index is 10.9. The topological polar surface area (TPSA) is 33.2 Å². The summed E-state index contributed by atoms with van der Waals surface area (Å²) in [7, 11) is 0. The minimum atomic E-state index is 0.705. The maximum atomic E-state index is 10.9. The van der Waals surface area contributed by atoms with Crippen molar-refractivity contribution in [2.45, 2.75) is 20.8 Å². The minimum Gasteiger partial charge on any atom is -0.318 e. The van der Waals surface area contributed by atoms with Crippen molar-refractivity contribution in [1.82, 2.24) is 4.98 Å². The van der Waals surface area contributed by atoms with Crippen molar-refractivity contribution >= 4 is 28.4 Å². The van der Waals surface area contributed by atoms with E-state index in [4.69, 9.17) is 0 Å². The predicted molar refractivity (Wildman–Crippen MR) is 76.1 cm³/mol. The van der Waals surface area contributed by atoms with E-state index in [0.29, 0.717) is 4.88 Å². The smallest absolute Gasteiger partial charge is 0.190 e. The molecule has 3 nitrogen and oxygen atoms in total. The Balaban J connectivity index is 2.41. The molecule has 1 aromatic carbocycles. The van der Waals surface area contributed by atoms with Crippen LogP contribution in [0.25, 0.3) is 0 Å². The number of benzene rings is 1. The molecule has 0 spiro atoms. The lowest BCUT2D eigenvalue weighted by molar-refractivity contribution is 0.112. The second kappa shape index (κ2) is 5.31. The molecule has 0 bridgehead atoms. The summed E-state index contributed by atoms with van der Waals surface area (Å²) in [6.07, 6.45) is 0.876. The minimum absolute atomic E-state index is 0.705. The van der Waals surface area contributed by atoms with Crippen molar-refractivity contribution in [3.8, 4) is 0 Å². The Morgan fingerprint density at radius 2 is 2.17 bits per heavy atom. The van der Waals surface area contributed by atoms with Crippen LogP contribution in [0.4, 0.5) is 10.8 Å². The van der Waals surface area contributed by atoms with E-state index < -0.39 is 0 Å². The van der Waals surface area contributed by atoms with Crippen LogP contribution in [0.5, 0.6) is 0 Å². The van der Waals surface area contributed by atoms with Crippen LogP contribution < -0.4 is 4.90 Å². The van der Waals surface area contributed by atoms with Crippen molar-refractivity contribution in [1.29, 1.82) is 0 Å². The van der Waals surface area contributed by atoms with E-state index in [2.05, 4.69) is 41.9 Å². The average Bonchev–Trinajstić information content (AvgIpc) is 2.71. The zero-order valence-corrected chi connectivity index (χ0v) is 11.6. The van der Waals surface area contributed by atoms with Gasteiger partial charge < -0.3 is 4.90 Å². The Morgan fingerprint density at radius 3 is 2.72 bits per heavy atom. The number of nitrogens with zero attached hydrogens (tertiary/aromatic N) is 2. The van der Waals surface area contributed by atoms with E-state index in [1.165, 1.54) is 16.9 Å². The molecule has 94 valence electrons. The molecule has 0 saturated carbocycles. The summed E-state index contributed by atoms with van der Waals surface area (Å²) >= 11 is 1.44. The standard InChI is InChI=1S/C14H16N2OS/c1-4-16(12-7-5-6-10(2)8-12)14-15-11(3)13(9-17)18-14/h5-9H,4H2,1-3H3. The summed E-state index contributed by atoms with van der Waals surface area (Å²) in [5.41, 5.74) is 3.13. The lowest BCUT2D eigenvalue weighted by Crippen LogP contribution is -2.15. The first-order valence-corrected chi connectivity index (χ1v) is 6.74. The third-order valence-corrected chi connectivity index (χ3v) is 3.89. The lowest BCUT2D eigenvalue weighted by atomic mass is 10.2. The molecule has 0 aliphatic carbocycles. The van der Waals surface area contributed by atoms with Gasteiger partial charge in [0.05, 0.1) is 10.6 Å². The first-order chi connectivity index (χ1) is 8.65. The van der Waals surface area contributed by atoms with Crippen LogP contribution in [0.15, 0.2) is 24.3 Å². The fraction of sp³-hybridized carbons (Fsp3) is 0.286. The molecule has 18 heavy (non-hydrogen) atoms. The van der Waals surface area contributed by atoms with E-state index in [9.17, 15) is 4.79 Å². The van der Waals surface area contributed by atoms with Crippen molar-refractivity contribution in [3.05, 3.63) is 40.4 Å². The summed E-state index contributed by atoms with van der Waals surface area (Å²) in [6, 6.07) is 8.30. The largest absolute Gasteiger partial charge is 0.318 e. The second-order valence-corrected chi connectivity index (χ2v) is 5.16. The maximum Gasteiger partial charge on any atom is 0.190 e. The van der Waals surface area contributed by atoms with Crippen molar-refractivity contribution < 1.29 is 4.79 Å². The van der Waals surface area contributed by atoms with Gasteiger partial charge in [0, 0.05) is 12.2 Å². The summed E-state index contributed by atoms with van der Waals surface area (Å²) in [5, 5.41) is 0.878. The van der Waals surface area contributed by atoms with Crippen LogP contribution in [-0.4, -0.2) is 17.8 Å². The van der Waals surface area contributed by atoms with Gasteiger partial charge in [-0.05, 0) is 38.5 Å². The molecule has 0 aliphatic heterocycles. The molecule has 1 aromatic heterocycles.